The number of fused-ring (bicyclic) bond motifs is 1. The van der Waals surface area contributed by atoms with Gasteiger partial charge in [-0.2, -0.15) is 0 Å². The number of carbonyl (C=O) groups excluding carboxylic acids is 4. The number of likely N-dealkylation sites (tertiary alicyclic amines) is 2. The first-order valence-electron chi connectivity index (χ1n) is 12.9. The number of benzene rings is 2. The molecule has 2 aromatic rings. The monoisotopic (exact) mass is 520 g/mol. The van der Waals surface area contributed by atoms with Crippen LogP contribution in [0.4, 0.5) is 0 Å². The second-order valence-electron chi connectivity index (χ2n) is 10.7. The number of nitrogens with two attached hydrogens (primary N) is 1. The molecule has 0 spiro atoms. The van der Waals surface area contributed by atoms with E-state index in [1.54, 1.807) is 18.7 Å². The quantitative estimate of drug-likeness (QED) is 0.484. The van der Waals surface area contributed by atoms with Gasteiger partial charge in [0.1, 0.15) is 6.04 Å². The van der Waals surface area contributed by atoms with E-state index < -0.39 is 35.4 Å². The van der Waals surface area contributed by atoms with E-state index in [2.05, 4.69) is 5.32 Å². The van der Waals surface area contributed by atoms with Crippen LogP contribution in [0.5, 0.6) is 0 Å². The zero-order chi connectivity index (χ0) is 27.4. The highest BCUT2D eigenvalue weighted by Gasteiger charge is 2.54. The fraction of sp³-hybridized carbons (Fsp3) is 0.448. The Hall–Kier alpha value is -3.56. The predicted molar refractivity (Wildman–Crippen MR) is 141 cm³/mol. The van der Waals surface area contributed by atoms with Gasteiger partial charge in [-0.25, -0.2) is 0 Å². The maximum atomic E-state index is 14.0. The van der Waals surface area contributed by atoms with E-state index in [9.17, 15) is 19.2 Å². The van der Waals surface area contributed by atoms with Gasteiger partial charge >= 0.3 is 0 Å². The zero-order valence-corrected chi connectivity index (χ0v) is 22.1. The number of ether oxygens (including phenoxy) is 1. The summed E-state index contributed by atoms with van der Waals surface area (Å²) in [6, 6.07) is 17.6. The van der Waals surface area contributed by atoms with E-state index in [0.29, 0.717) is 19.4 Å². The van der Waals surface area contributed by atoms with Gasteiger partial charge in [-0.15, -0.1) is 0 Å². The van der Waals surface area contributed by atoms with Gasteiger partial charge in [0.2, 0.25) is 23.6 Å². The molecule has 2 fully saturated rings. The van der Waals surface area contributed by atoms with Crippen LogP contribution >= 0.6 is 0 Å². The molecule has 0 radical (unpaired) electrons. The molecule has 2 saturated heterocycles. The Morgan fingerprint density at radius 2 is 1.63 bits per heavy atom. The first-order chi connectivity index (χ1) is 18.1. The molecule has 3 N–H and O–H groups in total. The minimum atomic E-state index is -1.20. The third kappa shape index (κ3) is 5.95. The van der Waals surface area contributed by atoms with E-state index >= 15 is 0 Å². The number of amides is 4. The van der Waals surface area contributed by atoms with Crippen LogP contribution in [0.2, 0.25) is 0 Å². The molecule has 0 aromatic heterocycles. The number of piperidine rings is 1. The maximum absolute atomic E-state index is 14.0. The van der Waals surface area contributed by atoms with Crippen LogP contribution in [0.1, 0.15) is 31.4 Å². The third-order valence-corrected chi connectivity index (χ3v) is 7.35. The first-order valence-corrected chi connectivity index (χ1v) is 12.9. The molecule has 2 aliphatic heterocycles. The molecule has 4 amide bonds. The molecule has 9 heteroatoms. The van der Waals surface area contributed by atoms with Crippen LogP contribution in [0.15, 0.2) is 60.7 Å². The minimum absolute atomic E-state index is 0.0645. The summed E-state index contributed by atoms with van der Waals surface area (Å²) < 4.78 is 5.87. The zero-order valence-electron chi connectivity index (χ0n) is 22.1. The summed E-state index contributed by atoms with van der Waals surface area (Å²) >= 11 is 0. The summed E-state index contributed by atoms with van der Waals surface area (Å²) in [7, 11) is 1.50. The number of hydrogen-bond acceptors (Lipinski definition) is 6. The largest absolute Gasteiger partial charge is 0.374 e. The minimum Gasteiger partial charge on any atom is -0.374 e. The highest BCUT2D eigenvalue weighted by Crippen LogP contribution is 2.38. The van der Waals surface area contributed by atoms with E-state index in [-0.39, 0.29) is 30.9 Å². The van der Waals surface area contributed by atoms with Crippen molar-refractivity contribution >= 4 is 23.6 Å². The molecule has 4 atom stereocenters. The summed E-state index contributed by atoms with van der Waals surface area (Å²) in [5.74, 6) is -2.42. The van der Waals surface area contributed by atoms with E-state index in [4.69, 9.17) is 10.5 Å². The lowest BCUT2D eigenvalue weighted by Crippen LogP contribution is -2.62. The second-order valence-corrected chi connectivity index (χ2v) is 10.7. The summed E-state index contributed by atoms with van der Waals surface area (Å²) in [5.41, 5.74) is 6.69. The summed E-state index contributed by atoms with van der Waals surface area (Å²) in [5, 5.41) is 2.77. The highest BCUT2D eigenvalue weighted by atomic mass is 16.5. The van der Waals surface area contributed by atoms with Gasteiger partial charge in [-0.3, -0.25) is 24.1 Å². The van der Waals surface area contributed by atoms with Crippen molar-refractivity contribution in [1.82, 2.24) is 15.1 Å². The van der Waals surface area contributed by atoms with Gasteiger partial charge in [0.05, 0.1) is 30.6 Å². The smallest absolute Gasteiger partial charge is 0.247 e. The van der Waals surface area contributed by atoms with E-state index in [0.717, 1.165) is 11.1 Å². The molecular formula is C29H36N4O5. The van der Waals surface area contributed by atoms with Crippen molar-refractivity contribution in [3.05, 3.63) is 71.8 Å². The van der Waals surface area contributed by atoms with Crippen molar-refractivity contribution in [2.45, 2.75) is 50.9 Å². The summed E-state index contributed by atoms with van der Waals surface area (Å²) in [6.07, 6.45) is 0.791. The Balaban J connectivity index is 1.60. The summed E-state index contributed by atoms with van der Waals surface area (Å²) in [6.45, 7) is 3.63. The maximum Gasteiger partial charge on any atom is 0.247 e. The molecule has 0 saturated carbocycles. The third-order valence-electron chi connectivity index (χ3n) is 7.35. The van der Waals surface area contributed by atoms with Crippen molar-refractivity contribution in [3.63, 3.8) is 0 Å². The second kappa shape index (κ2) is 11.4. The predicted octanol–water partition coefficient (Wildman–Crippen LogP) is 1.50. The van der Waals surface area contributed by atoms with Gasteiger partial charge < -0.3 is 20.7 Å². The standard InChI is InChI=1S/C29H36N4O5/c1-29(2,30)28(37)31-22(18-38-17-20-12-8-5-9-13-20)26(35)33-15-14-21-24(27(36)32(3)25(21)34)23(33)16-19-10-6-4-7-11-19/h4-13,21-24H,14-18,30H2,1-3H3,(H,31,37)/t21?,22-,23?,24?/m1/s1. The average molecular weight is 521 g/mol. The van der Waals surface area contributed by atoms with Crippen molar-refractivity contribution in [3.8, 4) is 0 Å². The van der Waals surface area contributed by atoms with Crippen LogP contribution < -0.4 is 11.1 Å². The topological polar surface area (TPSA) is 122 Å². The number of imide groups is 1. The number of nitrogens with one attached hydrogen (secondary N) is 1. The number of hydrogen-bond donors (Lipinski definition) is 2. The Morgan fingerprint density at radius 1 is 1.03 bits per heavy atom. The Kier molecular flexibility index (Phi) is 8.28. The first kappa shape index (κ1) is 27.5. The Bertz CT molecular complexity index is 1160. The lowest BCUT2D eigenvalue weighted by atomic mass is 9.78. The Morgan fingerprint density at radius 3 is 2.24 bits per heavy atom. The van der Waals surface area contributed by atoms with Crippen molar-refractivity contribution in [2.75, 3.05) is 20.2 Å². The Labute approximate surface area is 223 Å². The molecule has 2 heterocycles. The molecule has 2 aliphatic rings. The molecule has 202 valence electrons. The average Bonchev–Trinajstić information content (AvgIpc) is 3.12. The van der Waals surface area contributed by atoms with E-state index in [1.807, 2.05) is 60.7 Å². The fourth-order valence-electron chi connectivity index (χ4n) is 5.23. The van der Waals surface area contributed by atoms with Crippen molar-refractivity contribution in [2.24, 2.45) is 17.6 Å². The molecule has 3 unspecified atom stereocenters. The molecular weight excluding hydrogens is 484 g/mol. The molecule has 4 rings (SSSR count). The highest BCUT2D eigenvalue weighted by molar-refractivity contribution is 6.05. The molecule has 2 aromatic carbocycles. The van der Waals surface area contributed by atoms with E-state index in [1.165, 1.54) is 11.9 Å². The lowest BCUT2D eigenvalue weighted by molar-refractivity contribution is -0.147. The normalized spacial score (nSPS) is 22.3. The fourth-order valence-corrected chi connectivity index (χ4v) is 5.23. The van der Waals surface area contributed by atoms with Crippen LogP contribution in [-0.2, 0) is 36.9 Å². The van der Waals surface area contributed by atoms with Crippen LogP contribution in [0.3, 0.4) is 0 Å². The lowest BCUT2D eigenvalue weighted by Gasteiger charge is -2.42. The number of rotatable bonds is 9. The molecule has 0 bridgehead atoms. The number of carbonyl (C=O) groups is 4. The van der Waals surface area contributed by atoms with Gasteiger partial charge in [-0.05, 0) is 37.8 Å². The summed E-state index contributed by atoms with van der Waals surface area (Å²) in [4.78, 5) is 55.7. The van der Waals surface area contributed by atoms with Crippen LogP contribution in [-0.4, -0.2) is 71.3 Å². The van der Waals surface area contributed by atoms with Crippen molar-refractivity contribution < 1.29 is 23.9 Å². The van der Waals surface area contributed by atoms with Crippen LogP contribution in [0, 0.1) is 11.8 Å². The van der Waals surface area contributed by atoms with Gasteiger partial charge in [-0.1, -0.05) is 60.7 Å². The van der Waals surface area contributed by atoms with Crippen LogP contribution in [0.25, 0.3) is 0 Å². The molecule has 38 heavy (non-hydrogen) atoms. The molecule has 9 nitrogen and oxygen atoms in total. The number of nitrogens with zero attached hydrogens (tertiary/aromatic N) is 2. The SMILES string of the molecule is CN1C(=O)C2CCN(C(=O)[C@@H](COCc3ccccc3)NC(=O)C(C)(C)N)C(Cc3ccccc3)C2C1=O. The van der Waals surface area contributed by atoms with Gasteiger partial charge in [0.15, 0.2) is 0 Å². The van der Waals surface area contributed by atoms with Gasteiger partial charge in [0, 0.05) is 19.6 Å². The molecule has 0 aliphatic carbocycles. The van der Waals surface area contributed by atoms with Gasteiger partial charge in [0.25, 0.3) is 0 Å². The van der Waals surface area contributed by atoms with Crippen molar-refractivity contribution in [1.29, 1.82) is 0 Å².